The Balaban J connectivity index is 2.14. The van der Waals surface area contributed by atoms with Crippen LogP contribution in [0.5, 0.6) is 0 Å². The molecular weight excluding hydrogens is 288 g/mol. The molecule has 1 aromatic heterocycles. The smallest absolute Gasteiger partial charge is 0.218 e. The first-order chi connectivity index (χ1) is 9.92. The minimum Gasteiger partial charge on any atom is -0.326 e. The molecule has 0 aliphatic carbocycles. The third kappa shape index (κ3) is 3.90. The van der Waals surface area contributed by atoms with Crippen LogP contribution in [-0.4, -0.2) is 29.6 Å². The SMILES string of the molecule is CN(Cc1cnn(C)c1)S(=O)(=O)Cc1ccccc1CN. The van der Waals surface area contributed by atoms with Crippen molar-refractivity contribution in [3.63, 3.8) is 0 Å². The largest absolute Gasteiger partial charge is 0.326 e. The van der Waals surface area contributed by atoms with Crippen molar-refractivity contribution in [3.05, 3.63) is 53.3 Å². The minimum absolute atomic E-state index is 0.0445. The molecule has 0 fully saturated rings. The normalized spacial score (nSPS) is 12.0. The van der Waals surface area contributed by atoms with E-state index in [2.05, 4.69) is 5.10 Å². The van der Waals surface area contributed by atoms with Crippen molar-refractivity contribution in [2.45, 2.75) is 18.8 Å². The van der Waals surface area contributed by atoms with Crippen LogP contribution in [0.25, 0.3) is 0 Å². The van der Waals surface area contributed by atoms with Crippen LogP contribution in [0.4, 0.5) is 0 Å². The van der Waals surface area contributed by atoms with E-state index in [0.29, 0.717) is 13.1 Å². The molecule has 0 bridgehead atoms. The number of hydrogen-bond donors (Lipinski definition) is 1. The first kappa shape index (κ1) is 15.7. The molecule has 6 nitrogen and oxygen atoms in total. The lowest BCUT2D eigenvalue weighted by atomic mass is 10.1. The highest BCUT2D eigenvalue weighted by Gasteiger charge is 2.20. The van der Waals surface area contributed by atoms with Gasteiger partial charge in [-0.05, 0) is 11.1 Å². The molecule has 0 saturated heterocycles. The fourth-order valence-corrected chi connectivity index (χ4v) is 3.35. The molecule has 0 amide bonds. The molecule has 0 aliphatic rings. The molecule has 2 rings (SSSR count). The number of aromatic nitrogens is 2. The van der Waals surface area contributed by atoms with E-state index in [1.54, 1.807) is 37.2 Å². The van der Waals surface area contributed by atoms with E-state index >= 15 is 0 Å². The van der Waals surface area contributed by atoms with Crippen molar-refractivity contribution < 1.29 is 8.42 Å². The maximum atomic E-state index is 12.4. The Morgan fingerprint density at radius 2 is 1.95 bits per heavy atom. The average molecular weight is 308 g/mol. The van der Waals surface area contributed by atoms with E-state index in [0.717, 1.165) is 16.7 Å². The van der Waals surface area contributed by atoms with Gasteiger partial charge in [0.2, 0.25) is 10.0 Å². The molecule has 0 aliphatic heterocycles. The van der Waals surface area contributed by atoms with E-state index in [1.807, 2.05) is 18.2 Å². The third-order valence-corrected chi connectivity index (χ3v) is 5.07. The van der Waals surface area contributed by atoms with Gasteiger partial charge < -0.3 is 5.73 Å². The molecule has 0 spiro atoms. The van der Waals surface area contributed by atoms with Crippen molar-refractivity contribution in [2.24, 2.45) is 12.8 Å². The van der Waals surface area contributed by atoms with Gasteiger partial charge in [0.05, 0.1) is 11.9 Å². The number of nitrogens with zero attached hydrogens (tertiary/aromatic N) is 3. The summed E-state index contributed by atoms with van der Waals surface area (Å²) in [6, 6.07) is 7.34. The van der Waals surface area contributed by atoms with E-state index in [4.69, 9.17) is 5.73 Å². The Morgan fingerprint density at radius 3 is 2.52 bits per heavy atom. The molecule has 0 radical (unpaired) electrons. The molecular formula is C14H20N4O2S. The predicted molar refractivity (Wildman–Crippen MR) is 81.6 cm³/mol. The van der Waals surface area contributed by atoms with Gasteiger partial charge in [0.15, 0.2) is 0 Å². The molecule has 21 heavy (non-hydrogen) atoms. The Kier molecular flexibility index (Phi) is 4.76. The second-order valence-corrected chi connectivity index (χ2v) is 7.08. The lowest BCUT2D eigenvalue weighted by Gasteiger charge is -2.17. The molecule has 2 N–H and O–H groups in total. The first-order valence-electron chi connectivity index (χ1n) is 6.61. The molecule has 1 heterocycles. The van der Waals surface area contributed by atoms with Gasteiger partial charge in [0.25, 0.3) is 0 Å². The highest BCUT2D eigenvalue weighted by atomic mass is 32.2. The Hall–Kier alpha value is -1.70. The van der Waals surface area contributed by atoms with Crippen molar-refractivity contribution in [1.82, 2.24) is 14.1 Å². The first-order valence-corrected chi connectivity index (χ1v) is 8.21. The molecule has 0 saturated carbocycles. The number of rotatable bonds is 6. The van der Waals surface area contributed by atoms with Gasteiger partial charge >= 0.3 is 0 Å². The number of benzene rings is 1. The second-order valence-electron chi connectivity index (χ2n) is 5.01. The number of nitrogens with two attached hydrogens (primary N) is 1. The lowest BCUT2D eigenvalue weighted by molar-refractivity contribution is 0.465. The summed E-state index contributed by atoms with van der Waals surface area (Å²) in [5, 5.41) is 4.04. The van der Waals surface area contributed by atoms with Gasteiger partial charge in [0.1, 0.15) is 0 Å². The summed E-state index contributed by atoms with van der Waals surface area (Å²) in [4.78, 5) is 0. The summed E-state index contributed by atoms with van der Waals surface area (Å²) >= 11 is 0. The van der Waals surface area contributed by atoms with E-state index in [-0.39, 0.29) is 5.75 Å². The van der Waals surface area contributed by atoms with Crippen LogP contribution in [0.3, 0.4) is 0 Å². The van der Waals surface area contributed by atoms with Crippen molar-refractivity contribution in [1.29, 1.82) is 0 Å². The summed E-state index contributed by atoms with van der Waals surface area (Å²) in [5.74, 6) is -0.0445. The van der Waals surface area contributed by atoms with Gasteiger partial charge in [-0.15, -0.1) is 0 Å². The molecule has 0 atom stereocenters. The number of hydrogen-bond acceptors (Lipinski definition) is 4. The van der Waals surface area contributed by atoms with Crippen LogP contribution in [0, 0.1) is 0 Å². The monoisotopic (exact) mass is 308 g/mol. The maximum Gasteiger partial charge on any atom is 0.218 e. The van der Waals surface area contributed by atoms with Gasteiger partial charge in [0, 0.05) is 38.9 Å². The summed E-state index contributed by atoms with van der Waals surface area (Å²) in [6.45, 7) is 0.638. The Morgan fingerprint density at radius 1 is 1.29 bits per heavy atom. The van der Waals surface area contributed by atoms with E-state index in [9.17, 15) is 8.42 Å². The van der Waals surface area contributed by atoms with Gasteiger partial charge in [-0.25, -0.2) is 12.7 Å². The highest BCUT2D eigenvalue weighted by molar-refractivity contribution is 7.88. The van der Waals surface area contributed by atoms with Crippen molar-refractivity contribution >= 4 is 10.0 Å². The molecule has 1 aromatic carbocycles. The van der Waals surface area contributed by atoms with Crippen LogP contribution in [0.2, 0.25) is 0 Å². The van der Waals surface area contributed by atoms with E-state index < -0.39 is 10.0 Å². The molecule has 0 unspecified atom stereocenters. The zero-order chi connectivity index (χ0) is 15.5. The van der Waals surface area contributed by atoms with E-state index in [1.165, 1.54) is 4.31 Å². The number of aryl methyl sites for hydroxylation is 1. The third-order valence-electron chi connectivity index (χ3n) is 3.31. The summed E-state index contributed by atoms with van der Waals surface area (Å²) in [7, 11) is -0.0163. The van der Waals surface area contributed by atoms with Crippen LogP contribution >= 0.6 is 0 Å². The van der Waals surface area contributed by atoms with Crippen LogP contribution < -0.4 is 5.73 Å². The average Bonchev–Trinajstić information content (AvgIpc) is 2.84. The van der Waals surface area contributed by atoms with Crippen LogP contribution in [0.1, 0.15) is 16.7 Å². The topological polar surface area (TPSA) is 81.2 Å². The fraction of sp³-hybridized carbons (Fsp3) is 0.357. The summed E-state index contributed by atoms with van der Waals surface area (Å²) < 4.78 is 27.9. The molecule has 2 aromatic rings. The van der Waals surface area contributed by atoms with Crippen LogP contribution in [-0.2, 0) is 35.9 Å². The van der Waals surface area contributed by atoms with Gasteiger partial charge in [-0.3, -0.25) is 4.68 Å². The summed E-state index contributed by atoms with van der Waals surface area (Å²) in [5.41, 5.74) is 8.12. The summed E-state index contributed by atoms with van der Waals surface area (Å²) in [6.07, 6.45) is 3.47. The fourth-order valence-electron chi connectivity index (χ4n) is 2.11. The Bertz CT molecular complexity index is 709. The standard InChI is InChI=1S/C14H20N4O2S/c1-17-9-12(8-16-17)10-18(2)21(19,20)11-14-6-4-3-5-13(14)7-15/h3-6,8-9H,7,10-11,15H2,1-2H3. The second kappa shape index (κ2) is 6.38. The van der Waals surface area contributed by atoms with Crippen molar-refractivity contribution in [3.8, 4) is 0 Å². The quantitative estimate of drug-likeness (QED) is 0.857. The zero-order valence-corrected chi connectivity index (χ0v) is 13.0. The minimum atomic E-state index is -3.39. The Labute approximate surface area is 125 Å². The molecule has 7 heteroatoms. The predicted octanol–water partition coefficient (Wildman–Crippen LogP) is 0.841. The van der Waals surface area contributed by atoms with Gasteiger partial charge in [-0.1, -0.05) is 24.3 Å². The van der Waals surface area contributed by atoms with Gasteiger partial charge in [-0.2, -0.15) is 5.10 Å². The number of sulfonamides is 1. The molecule has 114 valence electrons. The highest BCUT2D eigenvalue weighted by Crippen LogP contribution is 2.16. The van der Waals surface area contributed by atoms with Crippen LogP contribution in [0.15, 0.2) is 36.7 Å². The zero-order valence-electron chi connectivity index (χ0n) is 12.2. The maximum absolute atomic E-state index is 12.4. The lowest BCUT2D eigenvalue weighted by Crippen LogP contribution is -2.28. The van der Waals surface area contributed by atoms with Crippen molar-refractivity contribution in [2.75, 3.05) is 7.05 Å².